The maximum absolute atomic E-state index is 12.5. The molecule has 1 aliphatic carbocycles. The fourth-order valence-electron chi connectivity index (χ4n) is 3.04. The Morgan fingerprint density at radius 3 is 2.36 bits per heavy atom. The smallest absolute Gasteiger partial charge is 0.211 e. The third kappa shape index (κ3) is 4.34. The van der Waals surface area contributed by atoms with Crippen molar-refractivity contribution < 1.29 is 8.42 Å². The molecule has 0 spiro atoms. The van der Waals surface area contributed by atoms with Crippen LogP contribution in [0.15, 0.2) is 29.2 Å². The maximum Gasteiger partial charge on any atom is 0.240 e. The van der Waals surface area contributed by atoms with Crippen LogP contribution in [0, 0.1) is 24.2 Å². The van der Waals surface area contributed by atoms with E-state index in [1.807, 2.05) is 26.0 Å². The molecule has 0 aromatic heterocycles. The topological polar surface area (TPSA) is 46.2 Å². The van der Waals surface area contributed by atoms with E-state index in [-0.39, 0.29) is 5.41 Å². The number of benzene rings is 1. The molecule has 0 bridgehead atoms. The number of hydrogen-bond donors (Lipinski definition) is 1. The molecule has 4 heteroatoms. The Morgan fingerprint density at radius 2 is 1.77 bits per heavy atom. The Labute approximate surface area is 134 Å². The van der Waals surface area contributed by atoms with Crippen LogP contribution in [0.4, 0.5) is 0 Å². The monoisotopic (exact) mass is 319 g/mol. The van der Waals surface area contributed by atoms with Crippen LogP contribution in [-0.2, 0) is 10.0 Å². The van der Waals surface area contributed by atoms with Crippen LogP contribution in [0.3, 0.4) is 0 Å². The van der Waals surface area contributed by atoms with Crippen molar-refractivity contribution >= 4 is 10.0 Å². The fraction of sp³-hybridized carbons (Fsp3) is 0.556. The molecule has 3 nitrogen and oxygen atoms in total. The summed E-state index contributed by atoms with van der Waals surface area (Å²) in [4.78, 5) is 0.339. The zero-order chi connectivity index (χ0) is 16.1. The van der Waals surface area contributed by atoms with Gasteiger partial charge in [0.1, 0.15) is 0 Å². The van der Waals surface area contributed by atoms with Gasteiger partial charge in [0.25, 0.3) is 0 Å². The second-order valence-electron chi connectivity index (χ2n) is 6.30. The van der Waals surface area contributed by atoms with Crippen LogP contribution in [0.1, 0.15) is 51.0 Å². The summed E-state index contributed by atoms with van der Waals surface area (Å²) in [6.45, 7) is 4.27. The van der Waals surface area contributed by atoms with Crippen molar-refractivity contribution in [2.24, 2.45) is 5.41 Å². The highest BCUT2D eigenvalue weighted by Gasteiger charge is 2.32. The van der Waals surface area contributed by atoms with Crippen LogP contribution in [0.5, 0.6) is 0 Å². The van der Waals surface area contributed by atoms with Crippen LogP contribution in [0.2, 0.25) is 0 Å². The summed E-state index contributed by atoms with van der Waals surface area (Å²) in [7, 11) is -3.44. The first-order chi connectivity index (χ1) is 10.5. The number of aryl methyl sites for hydroxylation is 1. The highest BCUT2D eigenvalue weighted by molar-refractivity contribution is 7.89. The SMILES string of the molecule is CC#CCC1(CNS(=O)(=O)c2ccc(C)cc2)CCCCC1. The minimum absolute atomic E-state index is 0.000965. The standard InChI is InChI=1S/C18H25NO2S/c1-3-4-12-18(13-6-5-7-14-18)15-19-22(20,21)17-10-8-16(2)9-11-17/h8-11,19H,5-7,12-15H2,1-2H3. The molecule has 22 heavy (non-hydrogen) atoms. The molecule has 2 rings (SSSR count). The van der Waals surface area contributed by atoms with Crippen LogP contribution in [0.25, 0.3) is 0 Å². The summed E-state index contributed by atoms with van der Waals surface area (Å²) in [6.07, 6.45) is 6.46. The highest BCUT2D eigenvalue weighted by Crippen LogP contribution is 2.38. The first kappa shape index (κ1) is 17.1. The second kappa shape index (κ2) is 7.30. The van der Waals surface area contributed by atoms with Gasteiger partial charge in [0.2, 0.25) is 10.0 Å². The fourth-order valence-corrected chi connectivity index (χ4v) is 4.20. The van der Waals surface area contributed by atoms with Gasteiger partial charge >= 0.3 is 0 Å². The van der Waals surface area contributed by atoms with E-state index >= 15 is 0 Å². The first-order valence-corrected chi connectivity index (χ1v) is 9.42. The van der Waals surface area contributed by atoms with E-state index in [0.717, 1.165) is 37.7 Å². The summed E-state index contributed by atoms with van der Waals surface area (Å²) in [5.41, 5.74) is 1.06. The predicted molar refractivity (Wildman–Crippen MR) is 90.0 cm³/mol. The normalized spacial score (nSPS) is 17.5. The minimum atomic E-state index is -3.44. The molecule has 0 saturated heterocycles. The number of nitrogens with one attached hydrogen (secondary N) is 1. The Hall–Kier alpha value is -1.31. The van der Waals surface area contributed by atoms with E-state index < -0.39 is 10.0 Å². The van der Waals surface area contributed by atoms with Crippen molar-refractivity contribution in [2.75, 3.05) is 6.54 Å². The Balaban J connectivity index is 2.10. The lowest BCUT2D eigenvalue weighted by molar-refractivity contribution is 0.198. The molecule has 1 aliphatic rings. The minimum Gasteiger partial charge on any atom is -0.211 e. The molecule has 0 amide bonds. The van der Waals surface area contributed by atoms with Gasteiger partial charge in [-0.2, -0.15) is 0 Å². The van der Waals surface area contributed by atoms with Gasteiger partial charge in [-0.3, -0.25) is 0 Å². The summed E-state index contributed by atoms with van der Waals surface area (Å²) in [6, 6.07) is 6.98. The van der Waals surface area contributed by atoms with Gasteiger partial charge < -0.3 is 0 Å². The zero-order valence-electron chi connectivity index (χ0n) is 13.5. The Kier molecular flexibility index (Phi) is 5.66. The molecular weight excluding hydrogens is 294 g/mol. The molecule has 0 heterocycles. The first-order valence-electron chi connectivity index (χ1n) is 7.93. The summed E-state index contributed by atoms with van der Waals surface area (Å²) < 4.78 is 27.7. The third-order valence-electron chi connectivity index (χ3n) is 4.52. The molecule has 0 radical (unpaired) electrons. The van der Waals surface area contributed by atoms with Crippen LogP contribution >= 0.6 is 0 Å². The molecule has 1 saturated carbocycles. The Bertz CT molecular complexity index is 645. The lowest BCUT2D eigenvalue weighted by Gasteiger charge is -2.36. The molecule has 1 N–H and O–H groups in total. The van der Waals surface area contributed by atoms with E-state index in [9.17, 15) is 8.42 Å². The Morgan fingerprint density at radius 1 is 1.14 bits per heavy atom. The van der Waals surface area contributed by atoms with Crippen LogP contribution < -0.4 is 4.72 Å². The predicted octanol–water partition coefficient (Wildman–Crippen LogP) is 3.64. The van der Waals surface area contributed by atoms with Crippen LogP contribution in [-0.4, -0.2) is 15.0 Å². The lowest BCUT2D eigenvalue weighted by Crippen LogP contribution is -2.38. The van der Waals surface area contributed by atoms with E-state index in [0.29, 0.717) is 11.4 Å². The summed E-state index contributed by atoms with van der Waals surface area (Å²) in [5, 5.41) is 0. The highest BCUT2D eigenvalue weighted by atomic mass is 32.2. The number of rotatable bonds is 5. The van der Waals surface area contributed by atoms with Gasteiger partial charge in [-0.25, -0.2) is 13.1 Å². The molecule has 0 atom stereocenters. The maximum atomic E-state index is 12.5. The second-order valence-corrected chi connectivity index (χ2v) is 8.07. The van der Waals surface area contributed by atoms with Gasteiger partial charge in [-0.05, 0) is 44.2 Å². The van der Waals surface area contributed by atoms with E-state index in [1.54, 1.807) is 12.1 Å². The molecule has 120 valence electrons. The molecule has 1 aromatic rings. The molecular formula is C18H25NO2S. The van der Waals surface area contributed by atoms with Crippen molar-refractivity contribution in [3.63, 3.8) is 0 Å². The van der Waals surface area contributed by atoms with Crippen molar-refractivity contribution in [3.8, 4) is 11.8 Å². The van der Waals surface area contributed by atoms with E-state index in [2.05, 4.69) is 16.6 Å². The lowest BCUT2D eigenvalue weighted by atomic mass is 9.72. The van der Waals surface area contributed by atoms with Gasteiger partial charge in [0, 0.05) is 13.0 Å². The largest absolute Gasteiger partial charge is 0.240 e. The van der Waals surface area contributed by atoms with Gasteiger partial charge in [0.15, 0.2) is 0 Å². The van der Waals surface area contributed by atoms with Crippen molar-refractivity contribution in [3.05, 3.63) is 29.8 Å². The third-order valence-corrected chi connectivity index (χ3v) is 5.94. The quantitative estimate of drug-likeness (QED) is 0.842. The van der Waals surface area contributed by atoms with Crippen molar-refractivity contribution in [2.45, 2.75) is 57.3 Å². The summed E-state index contributed by atoms with van der Waals surface area (Å²) in [5.74, 6) is 6.11. The van der Waals surface area contributed by atoms with Gasteiger partial charge in [-0.15, -0.1) is 11.8 Å². The molecule has 0 aliphatic heterocycles. The number of sulfonamides is 1. The summed E-state index contributed by atoms with van der Waals surface area (Å²) >= 11 is 0. The average molecular weight is 319 g/mol. The zero-order valence-corrected chi connectivity index (χ0v) is 14.3. The molecule has 1 fully saturated rings. The van der Waals surface area contributed by atoms with Crippen molar-refractivity contribution in [1.29, 1.82) is 0 Å². The average Bonchev–Trinajstić information content (AvgIpc) is 2.53. The van der Waals surface area contributed by atoms with Crippen molar-refractivity contribution in [1.82, 2.24) is 4.72 Å². The van der Waals surface area contributed by atoms with Gasteiger partial charge in [-0.1, -0.05) is 37.0 Å². The van der Waals surface area contributed by atoms with Gasteiger partial charge in [0.05, 0.1) is 4.90 Å². The van der Waals surface area contributed by atoms with E-state index in [4.69, 9.17) is 0 Å². The molecule has 0 unspecified atom stereocenters. The van der Waals surface area contributed by atoms with E-state index in [1.165, 1.54) is 6.42 Å². The number of hydrogen-bond acceptors (Lipinski definition) is 2. The molecule has 1 aromatic carbocycles.